The Bertz CT molecular complexity index is 705. The molecule has 0 unspecified atom stereocenters. The largest absolute Gasteiger partial charge is 0.507 e. The van der Waals surface area contributed by atoms with Crippen LogP contribution in [0.1, 0.15) is 21.5 Å². The van der Waals surface area contributed by atoms with Crippen molar-refractivity contribution in [1.82, 2.24) is 0 Å². The molecule has 2 aromatic carbocycles. The molecule has 2 rings (SSSR count). The predicted octanol–water partition coefficient (Wildman–Crippen LogP) is 1.75. The van der Waals surface area contributed by atoms with Gasteiger partial charge in [-0.05, 0) is 31.2 Å². The molecule has 5 N–H and O–H groups in total. The molecule has 6 nitrogen and oxygen atoms in total. The molecular weight excluding hydrogens is 264 g/mol. The van der Waals surface area contributed by atoms with Gasteiger partial charge >= 0.3 is 0 Å². The Kier molecular flexibility index (Phi) is 3.15. The summed E-state index contributed by atoms with van der Waals surface area (Å²) in [6, 6.07) is 4.36. The van der Waals surface area contributed by atoms with E-state index in [4.69, 9.17) is 0 Å². The fraction of sp³-hybridized carbons (Fsp3) is 0.0714. The Balaban J connectivity index is 2.56. The zero-order valence-corrected chi connectivity index (χ0v) is 10.5. The average Bonchev–Trinajstić information content (AvgIpc) is 2.43. The van der Waals surface area contributed by atoms with Gasteiger partial charge in [0.15, 0.2) is 28.8 Å². The van der Waals surface area contributed by atoms with E-state index in [2.05, 4.69) is 0 Å². The second-order valence-electron chi connectivity index (χ2n) is 4.30. The van der Waals surface area contributed by atoms with Crippen LogP contribution in [0.3, 0.4) is 0 Å². The summed E-state index contributed by atoms with van der Waals surface area (Å²) in [5.74, 6) is -3.03. The van der Waals surface area contributed by atoms with E-state index < -0.39 is 28.8 Å². The van der Waals surface area contributed by atoms with Crippen molar-refractivity contribution in [3.8, 4) is 28.7 Å². The van der Waals surface area contributed by atoms with Gasteiger partial charge in [-0.15, -0.1) is 0 Å². The normalized spacial score (nSPS) is 10.4. The van der Waals surface area contributed by atoms with Crippen molar-refractivity contribution in [2.75, 3.05) is 0 Å². The first-order valence-corrected chi connectivity index (χ1v) is 5.64. The summed E-state index contributed by atoms with van der Waals surface area (Å²) >= 11 is 0. The van der Waals surface area contributed by atoms with Crippen LogP contribution in [0.25, 0.3) is 0 Å². The van der Waals surface area contributed by atoms with E-state index >= 15 is 0 Å². The second kappa shape index (κ2) is 4.65. The lowest BCUT2D eigenvalue weighted by atomic mass is 9.99. The van der Waals surface area contributed by atoms with Crippen molar-refractivity contribution in [3.63, 3.8) is 0 Å². The third-order valence-corrected chi connectivity index (χ3v) is 2.97. The number of hydrogen-bond donors (Lipinski definition) is 5. The molecule has 20 heavy (non-hydrogen) atoms. The minimum absolute atomic E-state index is 0.0140. The zero-order valence-electron chi connectivity index (χ0n) is 10.5. The monoisotopic (exact) mass is 276 g/mol. The van der Waals surface area contributed by atoms with Crippen molar-refractivity contribution in [2.45, 2.75) is 6.92 Å². The molecule has 0 atom stereocenters. The molecular formula is C14H12O6. The van der Waals surface area contributed by atoms with Crippen LogP contribution in [0.15, 0.2) is 24.3 Å². The minimum Gasteiger partial charge on any atom is -0.507 e. The summed E-state index contributed by atoms with van der Waals surface area (Å²) in [4.78, 5) is 12.2. The highest BCUT2D eigenvalue weighted by atomic mass is 16.3. The highest BCUT2D eigenvalue weighted by molar-refractivity contribution is 6.11. The highest BCUT2D eigenvalue weighted by Crippen LogP contribution is 2.38. The third kappa shape index (κ3) is 2.07. The molecule has 6 heteroatoms. The maximum atomic E-state index is 12.2. The Morgan fingerprint density at radius 3 is 2.10 bits per heavy atom. The SMILES string of the molecule is Cc1c(O)c(O)cc(C(=O)c2ccc(O)c(O)c2)c1O. The van der Waals surface area contributed by atoms with E-state index in [0.29, 0.717) is 0 Å². The lowest BCUT2D eigenvalue weighted by molar-refractivity contribution is 0.103. The maximum absolute atomic E-state index is 12.2. The molecule has 0 saturated heterocycles. The Hall–Kier alpha value is -2.89. The van der Waals surface area contributed by atoms with Gasteiger partial charge in [0.2, 0.25) is 0 Å². The van der Waals surface area contributed by atoms with Gasteiger partial charge in [0.1, 0.15) is 5.75 Å². The van der Waals surface area contributed by atoms with Crippen LogP contribution in [-0.2, 0) is 0 Å². The van der Waals surface area contributed by atoms with Crippen molar-refractivity contribution in [1.29, 1.82) is 0 Å². The van der Waals surface area contributed by atoms with Gasteiger partial charge in [0.25, 0.3) is 0 Å². The molecule has 104 valence electrons. The Morgan fingerprint density at radius 1 is 0.850 bits per heavy atom. The molecule has 0 aliphatic heterocycles. The van der Waals surface area contributed by atoms with E-state index in [-0.39, 0.29) is 22.4 Å². The average molecular weight is 276 g/mol. The first-order valence-electron chi connectivity index (χ1n) is 5.64. The van der Waals surface area contributed by atoms with Crippen LogP contribution in [0.5, 0.6) is 28.7 Å². The highest BCUT2D eigenvalue weighted by Gasteiger charge is 2.20. The summed E-state index contributed by atoms with van der Waals surface area (Å²) in [5.41, 5.74) is -0.237. The van der Waals surface area contributed by atoms with Gasteiger partial charge in [0.05, 0.1) is 5.56 Å². The number of rotatable bonds is 2. The van der Waals surface area contributed by atoms with E-state index in [1.807, 2.05) is 0 Å². The molecule has 0 heterocycles. The van der Waals surface area contributed by atoms with Crippen LogP contribution < -0.4 is 0 Å². The fourth-order valence-corrected chi connectivity index (χ4v) is 1.77. The molecule has 0 aliphatic rings. The zero-order chi connectivity index (χ0) is 15.0. The van der Waals surface area contributed by atoms with Gasteiger partial charge in [-0.25, -0.2) is 0 Å². The molecule has 0 radical (unpaired) electrons. The fourth-order valence-electron chi connectivity index (χ4n) is 1.77. The standard InChI is InChI=1S/C14H12O6/c1-6-12(18)8(5-11(17)13(6)19)14(20)7-2-3-9(15)10(16)4-7/h2-5,15-19H,1H3. The molecule has 0 bridgehead atoms. The van der Waals surface area contributed by atoms with Crippen molar-refractivity contribution in [3.05, 3.63) is 41.0 Å². The number of hydrogen-bond acceptors (Lipinski definition) is 6. The lowest BCUT2D eigenvalue weighted by Crippen LogP contribution is -2.02. The quantitative estimate of drug-likeness (QED) is 0.324. The third-order valence-electron chi connectivity index (χ3n) is 2.97. The van der Waals surface area contributed by atoms with Crippen LogP contribution in [0.4, 0.5) is 0 Å². The topological polar surface area (TPSA) is 118 Å². The number of phenols is 5. The summed E-state index contributed by atoms with van der Waals surface area (Å²) in [5, 5.41) is 47.4. The van der Waals surface area contributed by atoms with Crippen molar-refractivity contribution < 1.29 is 30.3 Å². The molecule has 2 aromatic rings. The number of ketones is 1. The van der Waals surface area contributed by atoms with Gasteiger partial charge in [0, 0.05) is 11.1 Å². The maximum Gasteiger partial charge on any atom is 0.197 e. The molecule has 0 aliphatic carbocycles. The molecule has 0 fully saturated rings. The number of phenolic OH excluding ortho intramolecular Hbond substituents is 5. The van der Waals surface area contributed by atoms with E-state index in [1.165, 1.54) is 13.0 Å². The van der Waals surface area contributed by atoms with E-state index in [0.717, 1.165) is 18.2 Å². The molecule has 0 amide bonds. The summed E-state index contributed by atoms with van der Waals surface area (Å²) in [6.45, 7) is 1.34. The minimum atomic E-state index is -0.670. The van der Waals surface area contributed by atoms with Crippen LogP contribution >= 0.6 is 0 Å². The molecule has 0 aromatic heterocycles. The second-order valence-corrected chi connectivity index (χ2v) is 4.30. The summed E-state index contributed by atoms with van der Waals surface area (Å²) < 4.78 is 0. The summed E-state index contributed by atoms with van der Waals surface area (Å²) in [7, 11) is 0. The van der Waals surface area contributed by atoms with Crippen LogP contribution in [-0.4, -0.2) is 31.3 Å². The number of carbonyl (C=O) groups excluding carboxylic acids is 1. The Morgan fingerprint density at radius 2 is 1.50 bits per heavy atom. The van der Waals surface area contributed by atoms with Crippen LogP contribution in [0, 0.1) is 6.92 Å². The molecule has 0 saturated carbocycles. The van der Waals surface area contributed by atoms with E-state index in [9.17, 15) is 30.3 Å². The lowest BCUT2D eigenvalue weighted by Gasteiger charge is -2.10. The van der Waals surface area contributed by atoms with E-state index in [1.54, 1.807) is 0 Å². The summed E-state index contributed by atoms with van der Waals surface area (Å²) in [6.07, 6.45) is 0. The Labute approximate surface area is 113 Å². The van der Waals surface area contributed by atoms with Gasteiger partial charge in [-0.3, -0.25) is 4.79 Å². The van der Waals surface area contributed by atoms with Gasteiger partial charge < -0.3 is 25.5 Å². The smallest absolute Gasteiger partial charge is 0.197 e. The first kappa shape index (κ1) is 13.5. The predicted molar refractivity (Wildman–Crippen MR) is 69.4 cm³/mol. The number of benzene rings is 2. The molecule has 0 spiro atoms. The van der Waals surface area contributed by atoms with Gasteiger partial charge in [-0.2, -0.15) is 0 Å². The van der Waals surface area contributed by atoms with Gasteiger partial charge in [-0.1, -0.05) is 0 Å². The number of aromatic hydroxyl groups is 5. The number of carbonyl (C=O) groups is 1. The van der Waals surface area contributed by atoms with Crippen molar-refractivity contribution >= 4 is 5.78 Å². The van der Waals surface area contributed by atoms with Crippen molar-refractivity contribution in [2.24, 2.45) is 0 Å². The first-order chi connectivity index (χ1) is 9.32. The van der Waals surface area contributed by atoms with Crippen LogP contribution in [0.2, 0.25) is 0 Å².